The molecule has 81 heavy (non-hydrogen) atoms. The van der Waals surface area contributed by atoms with Gasteiger partial charge in [-0.25, -0.2) is 0 Å². The minimum Gasteiger partial charge on any atom is -0.459 e. The topological polar surface area (TPSA) is 236 Å². The molecule has 0 radical (unpaired) electrons. The van der Waals surface area contributed by atoms with Gasteiger partial charge in [0.15, 0.2) is 23.1 Å². The summed E-state index contributed by atoms with van der Waals surface area (Å²) in [7, 11) is 0. The molecule has 15 fully saturated rings. The number of aliphatic hydroxyl groups is 4. The van der Waals surface area contributed by atoms with Crippen LogP contribution in [-0.2, 0) is 75.8 Å². The standard InChI is InChI=1S/C61H88O20/c1-27-13-33-7-9-38-28(2)14-35(68-38)11-12-58-26-61(65,66)57(81-58)47-19-46(77-58)56-39(71-47)10-8-34(70-56)15-50(64)74-54-32(6)53-44(72-43(54)16-40(69-33)31(27)5)17-41-48(73-53)22-60(76-41)23-49-52(80-60)30(4)21-59(79-49)20-29(3)51-45(78-59)18-42-55(75-51)36(25-67-42)37(63)24-62/h27,29-30,32-49,51-57,62-63,65-66H,2,5,7-26H2,1,3-4,6H3/t27-,29+,30+,32+,33+,34-,35+,36?,37+,38+,39+,40-,41-,42-,43+,44+,45+,46-,47-,48-,49+,51+,52+,53+,54-,55-,56?,57?,58-,59-,60-/m1/s1. The number of carbonyl (C=O) groups is 1. The van der Waals surface area contributed by atoms with Crippen LogP contribution < -0.4 is 0 Å². The van der Waals surface area contributed by atoms with Gasteiger partial charge < -0.3 is 91.5 Å². The number of fused-ring (bicyclic) bond motifs is 14. The molecule has 31 atom stereocenters. The first-order chi connectivity index (χ1) is 38.8. The quantitative estimate of drug-likeness (QED) is 0.169. The molecule has 20 nitrogen and oxygen atoms in total. The fourth-order valence-electron chi connectivity index (χ4n) is 18.5. The minimum absolute atomic E-state index is 0.0223. The van der Waals surface area contributed by atoms with Crippen LogP contribution in [0.5, 0.6) is 0 Å². The zero-order valence-electron chi connectivity index (χ0n) is 47.5. The first-order valence-electron chi connectivity index (χ1n) is 31.4. The Balaban J connectivity index is 0.653. The van der Waals surface area contributed by atoms with Gasteiger partial charge in [-0.15, -0.1) is 0 Å². The lowest BCUT2D eigenvalue weighted by Gasteiger charge is -2.54. The zero-order chi connectivity index (χ0) is 55.6. The van der Waals surface area contributed by atoms with Crippen LogP contribution in [-0.4, -0.2) is 203 Å². The van der Waals surface area contributed by atoms with Crippen molar-refractivity contribution in [2.45, 2.75) is 307 Å². The van der Waals surface area contributed by atoms with E-state index in [-0.39, 0.29) is 140 Å². The fraction of sp³-hybridized carbons (Fsp3) is 0.918. The van der Waals surface area contributed by atoms with E-state index in [0.717, 1.165) is 30.4 Å². The maximum absolute atomic E-state index is 14.6. The number of hydrogen-bond acceptors (Lipinski definition) is 20. The number of ether oxygens (including phenoxy) is 15. The molecule has 20 heteroatoms. The monoisotopic (exact) mass is 1140 g/mol. The summed E-state index contributed by atoms with van der Waals surface area (Å²) >= 11 is 0. The van der Waals surface area contributed by atoms with Crippen LogP contribution in [0.3, 0.4) is 0 Å². The van der Waals surface area contributed by atoms with Crippen molar-refractivity contribution in [3.05, 3.63) is 24.3 Å². The van der Waals surface area contributed by atoms with E-state index in [2.05, 4.69) is 40.9 Å². The Bertz CT molecular complexity index is 2410. The van der Waals surface area contributed by atoms with Crippen molar-refractivity contribution < 1.29 is 96.3 Å². The van der Waals surface area contributed by atoms with Crippen molar-refractivity contribution in [1.82, 2.24) is 0 Å². The van der Waals surface area contributed by atoms with Crippen molar-refractivity contribution >= 4 is 5.97 Å². The first-order valence-corrected chi connectivity index (χ1v) is 31.4. The van der Waals surface area contributed by atoms with Crippen LogP contribution >= 0.6 is 0 Å². The summed E-state index contributed by atoms with van der Waals surface area (Å²) in [6, 6.07) is 0. The average Bonchev–Trinajstić information content (AvgIpc) is 4.15. The molecule has 15 saturated heterocycles. The third kappa shape index (κ3) is 9.81. The van der Waals surface area contributed by atoms with Crippen molar-refractivity contribution in [1.29, 1.82) is 0 Å². The highest BCUT2D eigenvalue weighted by molar-refractivity contribution is 5.70. The summed E-state index contributed by atoms with van der Waals surface area (Å²) < 4.78 is 103. The summed E-state index contributed by atoms with van der Waals surface area (Å²) in [5.41, 5.74) is 2.05. The van der Waals surface area contributed by atoms with Crippen LogP contribution in [0.15, 0.2) is 24.3 Å². The number of aliphatic hydroxyl groups excluding tert-OH is 2. The molecule has 15 aliphatic rings. The van der Waals surface area contributed by atoms with E-state index in [4.69, 9.17) is 71.1 Å². The Morgan fingerprint density at radius 2 is 1.22 bits per heavy atom. The Morgan fingerprint density at radius 3 is 2.06 bits per heavy atom. The van der Waals surface area contributed by atoms with Gasteiger partial charge in [-0.05, 0) is 73.8 Å². The van der Waals surface area contributed by atoms with Crippen LogP contribution in [0.2, 0.25) is 0 Å². The Morgan fingerprint density at radius 1 is 0.543 bits per heavy atom. The number of rotatable bonds is 2. The predicted octanol–water partition coefficient (Wildman–Crippen LogP) is 4.49. The highest BCUT2D eigenvalue weighted by atomic mass is 16.8. The van der Waals surface area contributed by atoms with Crippen LogP contribution in [0.4, 0.5) is 0 Å². The molecule has 0 aliphatic carbocycles. The second kappa shape index (κ2) is 20.7. The van der Waals surface area contributed by atoms with Crippen molar-refractivity contribution in [2.24, 2.45) is 29.6 Å². The molecule has 0 aromatic rings. The maximum Gasteiger partial charge on any atom is 0.308 e. The first kappa shape index (κ1) is 55.8. The molecule has 15 rings (SSSR count). The molecule has 15 aliphatic heterocycles. The number of hydrogen-bond donors (Lipinski definition) is 4. The predicted molar refractivity (Wildman–Crippen MR) is 279 cm³/mol. The smallest absolute Gasteiger partial charge is 0.308 e. The summed E-state index contributed by atoms with van der Waals surface area (Å²) in [6.07, 6.45) is 0.519. The summed E-state index contributed by atoms with van der Waals surface area (Å²) in [5.74, 6) is -5.67. The molecular formula is C61H88O20. The summed E-state index contributed by atoms with van der Waals surface area (Å²) in [5, 5.41) is 43.0. The van der Waals surface area contributed by atoms with Crippen LogP contribution in [0.25, 0.3) is 0 Å². The van der Waals surface area contributed by atoms with Crippen molar-refractivity contribution in [3.63, 3.8) is 0 Å². The van der Waals surface area contributed by atoms with Crippen molar-refractivity contribution in [3.8, 4) is 0 Å². The second-order valence-corrected chi connectivity index (χ2v) is 28.2. The van der Waals surface area contributed by atoms with E-state index < -0.39 is 78.1 Å². The Hall–Kier alpha value is -1.77. The maximum atomic E-state index is 14.6. The van der Waals surface area contributed by atoms with E-state index in [1.54, 1.807) is 0 Å². The van der Waals surface area contributed by atoms with Gasteiger partial charge in [-0.1, -0.05) is 40.9 Å². The number of carbonyl (C=O) groups excluding carboxylic acids is 1. The minimum atomic E-state index is -2.13. The third-order valence-electron chi connectivity index (χ3n) is 22.4. The number of esters is 1. The molecule has 0 amide bonds. The summed E-state index contributed by atoms with van der Waals surface area (Å²) in [6.45, 7) is 17.8. The van der Waals surface area contributed by atoms with Gasteiger partial charge in [0.05, 0.1) is 148 Å². The SMILES string of the molecule is C=C1C[C@@H]2CC[C@]34CC(O)(O)C(O3)[C@H]3C[C@@H](O4)C4O[C@H](CC[C@@H]4O3)CC(=O)O[C@@H]3[C@@H](C)[C@@H]4O[C@@H]5C[C@@]6(C[C@@H]7O[C@]8(C[C@H](C)[C@@H]9O[C@@H]%10C([C@@H](O)CO)CO[C@@H]%10C[C@@H]9O8)C[C@H](C)[C@@H]7O6)O[C@@H]5C[C@@H]4O[C@H]3C[C@H]3O[C@@H](CC[C@@H]1O2)C[C@@H](C)C3=C. The van der Waals surface area contributed by atoms with Crippen molar-refractivity contribution in [2.75, 3.05) is 13.2 Å². The molecule has 10 bridgehead atoms. The van der Waals surface area contributed by atoms with Gasteiger partial charge in [0, 0.05) is 69.6 Å². The molecule has 3 spiro atoms. The lowest BCUT2D eigenvalue weighted by molar-refractivity contribution is -0.370. The van der Waals surface area contributed by atoms with E-state index in [0.29, 0.717) is 90.1 Å². The van der Waals surface area contributed by atoms with Gasteiger partial charge in [0.25, 0.3) is 0 Å². The molecule has 3 unspecified atom stereocenters. The van der Waals surface area contributed by atoms with Gasteiger partial charge in [0.1, 0.15) is 18.3 Å². The Labute approximate surface area is 474 Å². The molecular weight excluding hydrogens is 1050 g/mol. The van der Waals surface area contributed by atoms with Gasteiger partial charge in [0.2, 0.25) is 0 Å². The highest BCUT2D eigenvalue weighted by Crippen LogP contribution is 2.57. The molecule has 15 heterocycles. The summed E-state index contributed by atoms with van der Waals surface area (Å²) in [4.78, 5) is 14.6. The van der Waals surface area contributed by atoms with E-state index in [1.165, 1.54) is 0 Å². The van der Waals surface area contributed by atoms with E-state index in [1.807, 2.05) is 0 Å². The molecule has 0 saturated carbocycles. The van der Waals surface area contributed by atoms with Gasteiger partial charge in [-0.3, -0.25) is 4.79 Å². The molecule has 0 aromatic heterocycles. The van der Waals surface area contributed by atoms with Crippen LogP contribution in [0.1, 0.15) is 143 Å². The molecule has 452 valence electrons. The molecule has 0 aromatic carbocycles. The van der Waals surface area contributed by atoms with Crippen LogP contribution in [0, 0.1) is 29.6 Å². The Kier molecular flexibility index (Phi) is 14.2. The largest absolute Gasteiger partial charge is 0.459 e. The van der Waals surface area contributed by atoms with E-state index >= 15 is 0 Å². The van der Waals surface area contributed by atoms with E-state index in [9.17, 15) is 25.2 Å². The van der Waals surface area contributed by atoms with Gasteiger partial charge in [-0.2, -0.15) is 0 Å². The lowest BCUT2D eigenvalue weighted by atomic mass is 9.77. The van der Waals surface area contributed by atoms with Gasteiger partial charge >= 0.3 is 5.97 Å². The fourth-order valence-corrected chi connectivity index (χ4v) is 18.5. The normalized spacial score (nSPS) is 56.8. The molecule has 4 N–H and O–H groups in total. The average molecular weight is 1140 g/mol. The zero-order valence-corrected chi connectivity index (χ0v) is 47.5. The lowest BCUT2D eigenvalue weighted by Crippen LogP contribution is -2.62. The highest BCUT2D eigenvalue weighted by Gasteiger charge is 2.68. The second-order valence-electron chi connectivity index (χ2n) is 28.2. The third-order valence-corrected chi connectivity index (χ3v) is 22.4.